The molecule has 0 radical (unpaired) electrons. The van der Waals surface area contributed by atoms with E-state index in [2.05, 4.69) is 22.5 Å². The highest BCUT2D eigenvalue weighted by atomic mass is 35.5. The number of aromatic nitrogens is 1. The van der Waals surface area contributed by atoms with Crippen LogP contribution in [0.2, 0.25) is 0 Å². The van der Waals surface area contributed by atoms with E-state index in [0.717, 1.165) is 19.5 Å². The van der Waals surface area contributed by atoms with Gasteiger partial charge in [0.15, 0.2) is 12.1 Å². The second-order valence-electron chi connectivity index (χ2n) is 4.31. The average molecular weight is 260 g/mol. The minimum absolute atomic E-state index is 0. The van der Waals surface area contributed by atoms with Crippen LogP contribution in [0.5, 0.6) is 0 Å². The molecule has 0 aromatic carbocycles. The smallest absolute Gasteiger partial charge is 0.273 e. The number of nitrogens with zero attached hydrogens (tertiary/aromatic N) is 1. The third kappa shape index (κ3) is 3.20. The molecular formula is C11H18ClN3O2. The first-order valence-corrected chi connectivity index (χ1v) is 5.60. The highest BCUT2D eigenvalue weighted by molar-refractivity contribution is 5.93. The number of hydrogen-bond donors (Lipinski definition) is 2. The number of halogens is 1. The lowest BCUT2D eigenvalue weighted by Crippen LogP contribution is -2.50. The van der Waals surface area contributed by atoms with Gasteiger partial charge in [0.2, 0.25) is 0 Å². The zero-order valence-corrected chi connectivity index (χ0v) is 10.8. The Labute approximate surface area is 107 Å². The fourth-order valence-electron chi connectivity index (χ4n) is 1.94. The van der Waals surface area contributed by atoms with Crippen molar-refractivity contribution < 1.29 is 9.21 Å². The summed E-state index contributed by atoms with van der Waals surface area (Å²) in [6, 6.07) is 0.178. The minimum Gasteiger partial charge on any atom is -0.448 e. The lowest BCUT2D eigenvalue weighted by molar-refractivity contribution is 0.0909. The van der Waals surface area contributed by atoms with Crippen LogP contribution in [0, 0.1) is 12.8 Å². The number of carbonyl (C=O) groups excluding carboxylic acids is 1. The van der Waals surface area contributed by atoms with Crippen molar-refractivity contribution in [3.63, 3.8) is 0 Å². The van der Waals surface area contributed by atoms with Crippen LogP contribution < -0.4 is 10.6 Å². The molecule has 1 aromatic rings. The zero-order chi connectivity index (χ0) is 11.5. The van der Waals surface area contributed by atoms with Crippen molar-refractivity contribution in [2.24, 2.45) is 5.92 Å². The third-order valence-corrected chi connectivity index (χ3v) is 3.10. The first-order valence-electron chi connectivity index (χ1n) is 5.60. The number of rotatable bonds is 2. The molecule has 6 heteroatoms. The van der Waals surface area contributed by atoms with Crippen LogP contribution in [0.25, 0.3) is 0 Å². The molecule has 1 saturated heterocycles. The Kier molecular flexibility index (Phi) is 4.96. The van der Waals surface area contributed by atoms with Gasteiger partial charge in [0.05, 0.1) is 0 Å². The van der Waals surface area contributed by atoms with Crippen LogP contribution in [-0.4, -0.2) is 30.0 Å². The Morgan fingerprint density at radius 1 is 1.65 bits per heavy atom. The van der Waals surface area contributed by atoms with E-state index >= 15 is 0 Å². The molecule has 1 aromatic heterocycles. The summed E-state index contributed by atoms with van der Waals surface area (Å²) in [6.07, 6.45) is 2.38. The summed E-state index contributed by atoms with van der Waals surface area (Å²) in [7, 11) is 0. The molecule has 17 heavy (non-hydrogen) atoms. The van der Waals surface area contributed by atoms with Crippen LogP contribution in [0.4, 0.5) is 0 Å². The molecule has 1 fully saturated rings. The molecule has 2 unspecified atom stereocenters. The third-order valence-electron chi connectivity index (χ3n) is 3.10. The first kappa shape index (κ1) is 14.0. The lowest BCUT2D eigenvalue weighted by atomic mass is 9.95. The monoisotopic (exact) mass is 259 g/mol. The highest BCUT2D eigenvalue weighted by Crippen LogP contribution is 2.12. The summed E-state index contributed by atoms with van der Waals surface area (Å²) in [5.41, 5.74) is 0.387. The molecule has 0 saturated carbocycles. The van der Waals surface area contributed by atoms with Gasteiger partial charge in [-0.2, -0.15) is 0 Å². The van der Waals surface area contributed by atoms with Crippen LogP contribution in [0.1, 0.15) is 29.6 Å². The van der Waals surface area contributed by atoms with E-state index in [-0.39, 0.29) is 24.4 Å². The van der Waals surface area contributed by atoms with E-state index in [9.17, 15) is 4.79 Å². The summed E-state index contributed by atoms with van der Waals surface area (Å²) < 4.78 is 5.01. The van der Waals surface area contributed by atoms with Gasteiger partial charge in [-0.15, -0.1) is 12.4 Å². The Balaban J connectivity index is 0.00000144. The van der Waals surface area contributed by atoms with Crippen molar-refractivity contribution >= 4 is 18.3 Å². The van der Waals surface area contributed by atoms with Gasteiger partial charge >= 0.3 is 0 Å². The van der Waals surface area contributed by atoms with E-state index in [0.29, 0.717) is 17.4 Å². The van der Waals surface area contributed by atoms with Crippen molar-refractivity contribution in [3.05, 3.63) is 17.8 Å². The van der Waals surface area contributed by atoms with E-state index in [4.69, 9.17) is 4.42 Å². The maximum absolute atomic E-state index is 11.9. The fourth-order valence-corrected chi connectivity index (χ4v) is 1.94. The molecule has 2 rings (SSSR count). The molecule has 2 atom stereocenters. The first-order chi connectivity index (χ1) is 7.68. The minimum atomic E-state index is -0.146. The molecule has 0 aliphatic carbocycles. The van der Waals surface area contributed by atoms with E-state index in [1.807, 2.05) is 0 Å². The number of carbonyl (C=O) groups is 1. The molecule has 2 heterocycles. The maximum Gasteiger partial charge on any atom is 0.273 e. The summed E-state index contributed by atoms with van der Waals surface area (Å²) in [5, 5.41) is 6.26. The van der Waals surface area contributed by atoms with Gasteiger partial charge in [0, 0.05) is 12.6 Å². The predicted molar refractivity (Wildman–Crippen MR) is 66.4 cm³/mol. The lowest BCUT2D eigenvalue weighted by Gasteiger charge is -2.29. The van der Waals surface area contributed by atoms with E-state index in [1.54, 1.807) is 6.92 Å². The molecule has 1 aliphatic heterocycles. The number of aryl methyl sites for hydroxylation is 1. The number of hydrogen-bond acceptors (Lipinski definition) is 4. The van der Waals surface area contributed by atoms with Crippen molar-refractivity contribution in [2.75, 3.05) is 13.1 Å². The van der Waals surface area contributed by atoms with Crippen LogP contribution in [-0.2, 0) is 0 Å². The molecule has 0 spiro atoms. The van der Waals surface area contributed by atoms with E-state index in [1.165, 1.54) is 6.39 Å². The fraction of sp³-hybridized carbons (Fsp3) is 0.636. The van der Waals surface area contributed by atoms with Gasteiger partial charge < -0.3 is 15.1 Å². The number of piperidine rings is 1. The van der Waals surface area contributed by atoms with Gasteiger partial charge in [0.25, 0.3) is 5.91 Å². The van der Waals surface area contributed by atoms with Crippen LogP contribution >= 0.6 is 12.4 Å². The second-order valence-corrected chi connectivity index (χ2v) is 4.31. The zero-order valence-electron chi connectivity index (χ0n) is 10.0. The van der Waals surface area contributed by atoms with Gasteiger partial charge in [-0.05, 0) is 25.8 Å². The SMILES string of the molecule is Cc1ocnc1C(=O)NC1CNCCC1C.Cl. The molecule has 5 nitrogen and oxygen atoms in total. The molecule has 1 amide bonds. The van der Waals surface area contributed by atoms with Gasteiger partial charge in [-0.3, -0.25) is 4.79 Å². The molecule has 1 aliphatic rings. The average Bonchev–Trinajstić information content (AvgIpc) is 2.68. The number of oxazole rings is 1. The molecule has 0 bridgehead atoms. The van der Waals surface area contributed by atoms with Gasteiger partial charge in [-0.1, -0.05) is 6.92 Å². The maximum atomic E-state index is 11.9. The van der Waals surface area contributed by atoms with E-state index < -0.39 is 0 Å². The van der Waals surface area contributed by atoms with Crippen molar-refractivity contribution in [3.8, 4) is 0 Å². The van der Waals surface area contributed by atoms with Gasteiger partial charge in [-0.25, -0.2) is 4.98 Å². The number of nitrogens with one attached hydrogen (secondary N) is 2. The van der Waals surface area contributed by atoms with Crippen molar-refractivity contribution in [2.45, 2.75) is 26.3 Å². The summed E-state index contributed by atoms with van der Waals surface area (Å²) in [4.78, 5) is 15.8. The Morgan fingerprint density at radius 2 is 2.41 bits per heavy atom. The largest absolute Gasteiger partial charge is 0.448 e. The normalized spacial score (nSPS) is 23.9. The molecule has 2 N–H and O–H groups in total. The van der Waals surface area contributed by atoms with Gasteiger partial charge in [0.1, 0.15) is 5.76 Å². The Hall–Kier alpha value is -1.07. The second kappa shape index (κ2) is 6.02. The predicted octanol–water partition coefficient (Wildman–Crippen LogP) is 1.13. The molecular weight excluding hydrogens is 242 g/mol. The summed E-state index contributed by atoms with van der Waals surface area (Å²) in [6.45, 7) is 5.74. The highest BCUT2D eigenvalue weighted by Gasteiger charge is 2.24. The van der Waals surface area contributed by atoms with Crippen molar-refractivity contribution in [1.82, 2.24) is 15.6 Å². The summed E-state index contributed by atoms with van der Waals surface area (Å²) >= 11 is 0. The summed E-state index contributed by atoms with van der Waals surface area (Å²) in [5.74, 6) is 0.915. The topological polar surface area (TPSA) is 67.2 Å². The Bertz CT molecular complexity index is 381. The number of amides is 1. The van der Waals surface area contributed by atoms with Crippen LogP contribution in [0.15, 0.2) is 10.8 Å². The standard InChI is InChI=1S/C11H17N3O2.ClH/c1-7-3-4-12-5-9(7)14-11(15)10-8(2)16-6-13-10;/h6-7,9,12H,3-5H2,1-2H3,(H,14,15);1H. The Morgan fingerprint density at radius 3 is 3.00 bits per heavy atom. The quantitative estimate of drug-likeness (QED) is 0.836. The van der Waals surface area contributed by atoms with Crippen molar-refractivity contribution in [1.29, 1.82) is 0 Å². The molecule has 96 valence electrons. The van der Waals surface area contributed by atoms with Crippen LogP contribution in [0.3, 0.4) is 0 Å².